The van der Waals surface area contributed by atoms with Crippen molar-refractivity contribution in [1.29, 1.82) is 0 Å². The van der Waals surface area contributed by atoms with Crippen LogP contribution in [-0.4, -0.2) is 16.6 Å². The molecule has 13 heavy (non-hydrogen) atoms. The van der Waals surface area contributed by atoms with Crippen molar-refractivity contribution in [3.8, 4) is 0 Å². The molecule has 0 saturated carbocycles. The summed E-state index contributed by atoms with van der Waals surface area (Å²) in [5.41, 5.74) is 5.21. The molecule has 0 amide bonds. The van der Waals surface area contributed by atoms with Gasteiger partial charge in [0.2, 0.25) is 0 Å². The lowest BCUT2D eigenvalue weighted by Crippen LogP contribution is -2.55. The molecule has 0 heterocycles. The summed E-state index contributed by atoms with van der Waals surface area (Å²) in [5.74, 6) is -1.36. The van der Waals surface area contributed by atoms with Gasteiger partial charge >= 0.3 is 5.97 Å². The number of halogens is 1. The van der Waals surface area contributed by atoms with Crippen LogP contribution in [0.2, 0.25) is 0 Å². The van der Waals surface area contributed by atoms with Gasteiger partial charge in [-0.3, -0.25) is 0 Å². The first-order chi connectivity index (χ1) is 5.90. The monoisotopic (exact) mass is 201 g/mol. The Hall–Kier alpha value is -0.800. The van der Waals surface area contributed by atoms with Gasteiger partial charge in [-0.1, -0.05) is 30.2 Å². The van der Waals surface area contributed by atoms with Crippen LogP contribution in [0.4, 0.5) is 0 Å². The van der Waals surface area contributed by atoms with Gasteiger partial charge in [0.15, 0.2) is 5.54 Å². The second-order valence-corrected chi connectivity index (χ2v) is 3.73. The highest BCUT2D eigenvalue weighted by Gasteiger charge is 2.44. The number of hydrogen-bond acceptors (Lipinski definition) is 2. The number of carboxylic acid groups (broad SMARTS) is 1. The Balaban J connectivity index is 3.19. The lowest BCUT2D eigenvalue weighted by atomic mass is 9.78. The van der Waals surface area contributed by atoms with Gasteiger partial charge < -0.3 is 10.8 Å². The van der Waals surface area contributed by atoms with E-state index < -0.39 is 11.5 Å². The van der Waals surface area contributed by atoms with Crippen LogP contribution < -0.4 is 5.73 Å². The largest absolute Gasteiger partial charge is 0.480 e. The summed E-state index contributed by atoms with van der Waals surface area (Å²) in [6.45, 7) is 3.60. The molecule has 1 aliphatic carbocycles. The van der Waals surface area contributed by atoms with E-state index in [1.54, 1.807) is 19.1 Å². The molecule has 0 radical (unpaired) electrons. The van der Waals surface area contributed by atoms with Crippen molar-refractivity contribution in [3.05, 3.63) is 22.8 Å². The predicted molar refractivity (Wildman–Crippen MR) is 51.4 cm³/mol. The third-order valence-corrected chi connectivity index (χ3v) is 3.05. The van der Waals surface area contributed by atoms with E-state index in [-0.39, 0.29) is 11.0 Å². The van der Waals surface area contributed by atoms with E-state index in [9.17, 15) is 4.79 Å². The summed E-state index contributed by atoms with van der Waals surface area (Å²) in [7, 11) is 0. The van der Waals surface area contributed by atoms with Crippen LogP contribution in [0.25, 0.3) is 0 Å². The van der Waals surface area contributed by atoms with Gasteiger partial charge in [-0.25, -0.2) is 4.79 Å². The van der Waals surface area contributed by atoms with Crippen molar-refractivity contribution in [2.45, 2.75) is 19.4 Å². The molecule has 0 aromatic heterocycles. The van der Waals surface area contributed by atoms with Crippen LogP contribution >= 0.6 is 11.6 Å². The standard InChI is InChI=1S/C9H12ClNO2/c1-5-3-4-7(10)9(11,6(5)2)8(12)13/h3-4,6H,11H2,1-2H3,(H,12,13). The molecular weight excluding hydrogens is 190 g/mol. The Morgan fingerprint density at radius 2 is 2.23 bits per heavy atom. The van der Waals surface area contributed by atoms with Gasteiger partial charge in [0.25, 0.3) is 0 Å². The van der Waals surface area contributed by atoms with E-state index in [1.807, 2.05) is 6.92 Å². The molecule has 0 aromatic rings. The van der Waals surface area contributed by atoms with E-state index in [1.165, 1.54) is 0 Å². The number of hydrogen-bond donors (Lipinski definition) is 2. The molecule has 1 aliphatic rings. The van der Waals surface area contributed by atoms with Gasteiger partial charge in [0.05, 0.1) is 0 Å². The molecule has 2 atom stereocenters. The molecule has 3 nitrogen and oxygen atoms in total. The maximum absolute atomic E-state index is 11.0. The summed E-state index contributed by atoms with van der Waals surface area (Å²) >= 11 is 5.79. The van der Waals surface area contributed by atoms with Crippen LogP contribution in [0, 0.1) is 5.92 Å². The summed E-state index contributed by atoms with van der Waals surface area (Å²) in [4.78, 5) is 11.0. The lowest BCUT2D eigenvalue weighted by Gasteiger charge is -2.33. The van der Waals surface area contributed by atoms with Crippen molar-refractivity contribution in [2.24, 2.45) is 11.7 Å². The first-order valence-electron chi connectivity index (χ1n) is 3.97. The highest BCUT2D eigenvalue weighted by Crippen LogP contribution is 2.35. The zero-order valence-electron chi connectivity index (χ0n) is 7.54. The van der Waals surface area contributed by atoms with Crippen LogP contribution in [0.15, 0.2) is 22.8 Å². The maximum Gasteiger partial charge on any atom is 0.329 e. The molecule has 4 heteroatoms. The van der Waals surface area contributed by atoms with E-state index in [4.69, 9.17) is 22.4 Å². The van der Waals surface area contributed by atoms with Gasteiger partial charge in [-0.15, -0.1) is 0 Å². The summed E-state index contributed by atoms with van der Waals surface area (Å²) in [6, 6.07) is 0. The minimum absolute atomic E-state index is 0.179. The zero-order valence-corrected chi connectivity index (χ0v) is 8.30. The number of carboxylic acids is 1. The van der Waals surface area contributed by atoms with Crippen LogP contribution in [0.1, 0.15) is 13.8 Å². The van der Waals surface area contributed by atoms with Gasteiger partial charge in [-0.05, 0) is 13.0 Å². The Bertz CT molecular complexity index is 309. The highest BCUT2D eigenvalue weighted by molar-refractivity contribution is 6.33. The molecule has 0 aromatic carbocycles. The number of aliphatic carboxylic acids is 1. The topological polar surface area (TPSA) is 63.3 Å². The van der Waals surface area contributed by atoms with Gasteiger partial charge in [0.1, 0.15) is 0 Å². The summed E-state index contributed by atoms with van der Waals surface area (Å²) in [6.07, 6.45) is 3.34. The quantitative estimate of drug-likeness (QED) is 0.676. The maximum atomic E-state index is 11.0. The number of allylic oxidation sites excluding steroid dienone is 2. The average Bonchev–Trinajstić information content (AvgIpc) is 2.08. The van der Waals surface area contributed by atoms with Crippen molar-refractivity contribution in [2.75, 3.05) is 0 Å². The molecular formula is C9H12ClNO2. The Labute approximate surface area is 81.9 Å². The molecule has 72 valence electrons. The molecule has 0 fully saturated rings. The third kappa shape index (κ3) is 1.38. The number of rotatable bonds is 1. The molecule has 1 rings (SSSR count). The van der Waals surface area contributed by atoms with Crippen LogP contribution in [0.5, 0.6) is 0 Å². The highest BCUT2D eigenvalue weighted by atomic mass is 35.5. The molecule has 3 N–H and O–H groups in total. The SMILES string of the molecule is CC1=CC=C(Cl)C(N)(C(=O)O)C1C. The van der Waals surface area contributed by atoms with Crippen molar-refractivity contribution >= 4 is 17.6 Å². The molecule has 2 unspecified atom stereocenters. The lowest BCUT2D eigenvalue weighted by molar-refractivity contribution is -0.142. The second kappa shape index (κ2) is 3.16. The normalized spacial score (nSPS) is 33.7. The summed E-state index contributed by atoms with van der Waals surface area (Å²) < 4.78 is 0. The Kier molecular flexibility index (Phi) is 2.50. The fraction of sp³-hybridized carbons (Fsp3) is 0.444. The van der Waals surface area contributed by atoms with Crippen molar-refractivity contribution in [1.82, 2.24) is 0 Å². The zero-order chi connectivity index (χ0) is 10.2. The van der Waals surface area contributed by atoms with Gasteiger partial charge in [0, 0.05) is 11.0 Å². The fourth-order valence-electron chi connectivity index (χ4n) is 1.34. The smallest absolute Gasteiger partial charge is 0.329 e. The molecule has 0 aliphatic heterocycles. The van der Waals surface area contributed by atoms with Crippen molar-refractivity contribution < 1.29 is 9.90 Å². The van der Waals surface area contributed by atoms with Crippen LogP contribution in [-0.2, 0) is 4.79 Å². The van der Waals surface area contributed by atoms with Gasteiger partial charge in [-0.2, -0.15) is 0 Å². The number of nitrogens with two attached hydrogens (primary N) is 1. The van der Waals surface area contributed by atoms with E-state index >= 15 is 0 Å². The third-order valence-electron chi connectivity index (χ3n) is 2.61. The minimum atomic E-state index is -1.46. The van der Waals surface area contributed by atoms with Crippen LogP contribution in [0.3, 0.4) is 0 Å². The van der Waals surface area contributed by atoms with E-state index in [0.717, 1.165) is 5.57 Å². The molecule has 0 spiro atoms. The van der Waals surface area contributed by atoms with E-state index in [0.29, 0.717) is 0 Å². The minimum Gasteiger partial charge on any atom is -0.480 e. The fourth-order valence-corrected chi connectivity index (χ4v) is 1.65. The average molecular weight is 202 g/mol. The van der Waals surface area contributed by atoms with Crippen molar-refractivity contribution in [3.63, 3.8) is 0 Å². The predicted octanol–water partition coefficient (Wildman–Crippen LogP) is 1.49. The first kappa shape index (κ1) is 10.3. The summed E-state index contributed by atoms with van der Waals surface area (Å²) in [5, 5.41) is 9.16. The molecule has 0 bridgehead atoms. The first-order valence-corrected chi connectivity index (χ1v) is 4.35. The second-order valence-electron chi connectivity index (χ2n) is 3.32. The Morgan fingerprint density at radius 1 is 1.69 bits per heavy atom. The Morgan fingerprint density at radius 3 is 2.62 bits per heavy atom. The number of carbonyl (C=O) groups is 1. The van der Waals surface area contributed by atoms with E-state index in [2.05, 4.69) is 0 Å². The molecule has 0 saturated heterocycles.